The number of amidine groups is 1. The third-order valence-corrected chi connectivity index (χ3v) is 4.25. The first-order chi connectivity index (χ1) is 9.82. The van der Waals surface area contributed by atoms with Crippen LogP contribution in [0.3, 0.4) is 0 Å². The quantitative estimate of drug-likeness (QED) is 0.672. The molecule has 2 rings (SSSR count). The maximum absolute atomic E-state index is 7.75. The molecule has 21 heavy (non-hydrogen) atoms. The SMILES string of the molecule is COc1ccccc1Cc1nc(C(C)(C)C)c(C(=N)N)s1. The fraction of sp³-hybridized carbons (Fsp3) is 0.375. The number of benzene rings is 1. The van der Waals surface area contributed by atoms with Crippen molar-refractivity contribution in [2.24, 2.45) is 5.73 Å². The van der Waals surface area contributed by atoms with Gasteiger partial charge in [0.1, 0.15) is 11.6 Å². The Kier molecular flexibility index (Phi) is 4.32. The number of para-hydroxylation sites is 1. The van der Waals surface area contributed by atoms with Crippen molar-refractivity contribution in [1.82, 2.24) is 4.98 Å². The molecule has 0 aliphatic heterocycles. The molecule has 0 bridgehead atoms. The van der Waals surface area contributed by atoms with E-state index < -0.39 is 0 Å². The van der Waals surface area contributed by atoms with Gasteiger partial charge in [0.05, 0.1) is 22.7 Å². The minimum atomic E-state index is -0.128. The van der Waals surface area contributed by atoms with Gasteiger partial charge < -0.3 is 10.5 Å². The Balaban J connectivity index is 2.40. The molecule has 5 heteroatoms. The third kappa shape index (κ3) is 3.42. The van der Waals surface area contributed by atoms with Gasteiger partial charge in [0, 0.05) is 17.4 Å². The van der Waals surface area contributed by atoms with Crippen LogP contribution in [0.4, 0.5) is 0 Å². The molecule has 0 amide bonds. The highest BCUT2D eigenvalue weighted by Crippen LogP contribution is 2.31. The summed E-state index contributed by atoms with van der Waals surface area (Å²) in [5.41, 5.74) is 7.56. The second-order valence-corrected chi connectivity index (χ2v) is 7.02. The number of nitrogens with two attached hydrogens (primary N) is 1. The van der Waals surface area contributed by atoms with Crippen LogP contribution in [0.5, 0.6) is 5.75 Å². The number of nitrogens with one attached hydrogen (secondary N) is 1. The van der Waals surface area contributed by atoms with E-state index >= 15 is 0 Å². The standard InChI is InChI=1S/C16H21N3OS/c1-16(2,3)14-13(15(17)18)21-12(19-14)9-10-7-5-6-8-11(10)20-4/h5-8H,9H2,1-4H3,(H3,17,18). The van der Waals surface area contributed by atoms with Crippen LogP contribution >= 0.6 is 11.3 Å². The van der Waals surface area contributed by atoms with Crippen molar-refractivity contribution < 1.29 is 4.74 Å². The van der Waals surface area contributed by atoms with E-state index in [1.807, 2.05) is 24.3 Å². The molecule has 1 heterocycles. The summed E-state index contributed by atoms with van der Waals surface area (Å²) in [6.45, 7) is 6.25. The van der Waals surface area contributed by atoms with Crippen LogP contribution in [-0.2, 0) is 11.8 Å². The topological polar surface area (TPSA) is 72.0 Å². The first-order valence-corrected chi connectivity index (χ1v) is 7.61. The second-order valence-electron chi connectivity index (χ2n) is 5.94. The van der Waals surface area contributed by atoms with E-state index in [4.69, 9.17) is 20.9 Å². The summed E-state index contributed by atoms with van der Waals surface area (Å²) in [4.78, 5) is 5.49. The number of methoxy groups -OCH3 is 1. The van der Waals surface area contributed by atoms with Gasteiger partial charge in [-0.1, -0.05) is 39.0 Å². The van der Waals surface area contributed by atoms with E-state index in [1.165, 1.54) is 11.3 Å². The van der Waals surface area contributed by atoms with E-state index in [0.717, 1.165) is 26.9 Å². The minimum absolute atomic E-state index is 0.0868. The highest BCUT2D eigenvalue weighted by molar-refractivity contribution is 7.13. The maximum Gasteiger partial charge on any atom is 0.135 e. The van der Waals surface area contributed by atoms with Gasteiger partial charge in [-0.25, -0.2) is 4.98 Å². The van der Waals surface area contributed by atoms with Crippen LogP contribution in [0.15, 0.2) is 24.3 Å². The average molecular weight is 303 g/mol. The monoisotopic (exact) mass is 303 g/mol. The van der Waals surface area contributed by atoms with Crippen LogP contribution in [0.25, 0.3) is 0 Å². The lowest BCUT2D eigenvalue weighted by molar-refractivity contribution is 0.410. The summed E-state index contributed by atoms with van der Waals surface area (Å²) >= 11 is 1.49. The summed E-state index contributed by atoms with van der Waals surface area (Å²) in [5, 5.41) is 8.70. The second kappa shape index (κ2) is 5.85. The number of nitrogen functional groups attached to an aromatic ring is 1. The van der Waals surface area contributed by atoms with Gasteiger partial charge in [-0.3, -0.25) is 5.41 Å². The number of rotatable bonds is 4. The molecule has 2 aromatic rings. The smallest absolute Gasteiger partial charge is 0.135 e. The Morgan fingerprint density at radius 2 is 2.00 bits per heavy atom. The predicted octanol–water partition coefficient (Wildman–Crippen LogP) is 3.32. The Morgan fingerprint density at radius 1 is 1.33 bits per heavy atom. The molecule has 1 aromatic heterocycles. The zero-order valence-corrected chi connectivity index (χ0v) is 13.7. The molecule has 0 aliphatic carbocycles. The Morgan fingerprint density at radius 3 is 2.52 bits per heavy atom. The van der Waals surface area contributed by atoms with Crippen LogP contribution in [-0.4, -0.2) is 17.9 Å². The molecular formula is C16H21N3OS. The lowest BCUT2D eigenvalue weighted by atomic mass is 9.91. The van der Waals surface area contributed by atoms with Crippen LogP contribution in [0.1, 0.15) is 41.9 Å². The number of nitrogens with zero attached hydrogens (tertiary/aromatic N) is 1. The van der Waals surface area contributed by atoms with E-state index in [9.17, 15) is 0 Å². The van der Waals surface area contributed by atoms with Gasteiger partial charge in [0.2, 0.25) is 0 Å². The van der Waals surface area contributed by atoms with Crippen molar-refractivity contribution in [1.29, 1.82) is 5.41 Å². The zero-order chi connectivity index (χ0) is 15.6. The van der Waals surface area contributed by atoms with Crippen molar-refractivity contribution in [3.05, 3.63) is 45.4 Å². The summed E-state index contributed by atoms with van der Waals surface area (Å²) < 4.78 is 5.38. The predicted molar refractivity (Wildman–Crippen MR) is 87.6 cm³/mol. The molecule has 112 valence electrons. The van der Waals surface area contributed by atoms with Crippen molar-refractivity contribution in [2.45, 2.75) is 32.6 Å². The van der Waals surface area contributed by atoms with Gasteiger partial charge in [-0.15, -0.1) is 11.3 Å². The largest absolute Gasteiger partial charge is 0.496 e. The molecule has 0 spiro atoms. The Labute approximate surface area is 129 Å². The van der Waals surface area contributed by atoms with Crippen LogP contribution in [0.2, 0.25) is 0 Å². The number of hydrogen-bond acceptors (Lipinski definition) is 4. The molecule has 1 aromatic carbocycles. The molecule has 0 unspecified atom stereocenters. The normalized spacial score (nSPS) is 11.4. The molecule has 3 N–H and O–H groups in total. The van der Waals surface area contributed by atoms with Crippen molar-refractivity contribution in [3.63, 3.8) is 0 Å². The molecule has 0 aliphatic rings. The minimum Gasteiger partial charge on any atom is -0.496 e. The zero-order valence-electron chi connectivity index (χ0n) is 12.9. The fourth-order valence-electron chi connectivity index (χ4n) is 2.14. The number of aromatic nitrogens is 1. The van der Waals surface area contributed by atoms with E-state index in [-0.39, 0.29) is 11.3 Å². The molecular weight excluding hydrogens is 282 g/mol. The highest BCUT2D eigenvalue weighted by atomic mass is 32.1. The Bertz CT molecular complexity index is 656. The first kappa shape index (κ1) is 15.5. The van der Waals surface area contributed by atoms with Crippen molar-refractivity contribution in [3.8, 4) is 5.75 Å². The van der Waals surface area contributed by atoms with Gasteiger partial charge in [0.15, 0.2) is 0 Å². The summed E-state index contributed by atoms with van der Waals surface area (Å²) in [6, 6.07) is 7.91. The van der Waals surface area contributed by atoms with Crippen molar-refractivity contribution >= 4 is 17.2 Å². The fourth-order valence-corrected chi connectivity index (χ4v) is 3.30. The van der Waals surface area contributed by atoms with Crippen molar-refractivity contribution in [2.75, 3.05) is 7.11 Å². The first-order valence-electron chi connectivity index (χ1n) is 6.79. The maximum atomic E-state index is 7.75. The third-order valence-electron chi connectivity index (χ3n) is 3.16. The summed E-state index contributed by atoms with van der Waals surface area (Å²) in [7, 11) is 1.67. The Hall–Kier alpha value is -1.88. The van der Waals surface area contributed by atoms with Gasteiger partial charge >= 0.3 is 0 Å². The lowest BCUT2D eigenvalue weighted by Crippen LogP contribution is -2.19. The van der Waals surface area contributed by atoms with E-state index in [1.54, 1.807) is 7.11 Å². The molecule has 0 radical (unpaired) electrons. The lowest BCUT2D eigenvalue weighted by Gasteiger charge is -2.16. The number of ether oxygens (including phenoxy) is 1. The van der Waals surface area contributed by atoms with Crippen LogP contribution < -0.4 is 10.5 Å². The molecule has 0 fully saturated rings. The summed E-state index contributed by atoms with van der Waals surface area (Å²) in [5.74, 6) is 0.943. The molecule has 4 nitrogen and oxygen atoms in total. The van der Waals surface area contributed by atoms with E-state index in [0.29, 0.717) is 6.42 Å². The van der Waals surface area contributed by atoms with Gasteiger partial charge in [0.25, 0.3) is 0 Å². The van der Waals surface area contributed by atoms with E-state index in [2.05, 4.69) is 20.8 Å². The molecule has 0 saturated heterocycles. The molecule has 0 saturated carbocycles. The number of hydrogen-bond donors (Lipinski definition) is 2. The average Bonchev–Trinajstić information content (AvgIpc) is 2.83. The van der Waals surface area contributed by atoms with Gasteiger partial charge in [-0.2, -0.15) is 0 Å². The summed E-state index contributed by atoms with van der Waals surface area (Å²) in [6.07, 6.45) is 0.686. The number of thiazole rings is 1. The molecule has 0 atom stereocenters. The highest BCUT2D eigenvalue weighted by Gasteiger charge is 2.24. The van der Waals surface area contributed by atoms with Gasteiger partial charge in [-0.05, 0) is 6.07 Å². The van der Waals surface area contributed by atoms with Crippen LogP contribution in [0, 0.1) is 5.41 Å².